The summed E-state index contributed by atoms with van der Waals surface area (Å²) in [6.07, 6.45) is 24.6. The fourth-order valence-electron chi connectivity index (χ4n) is 4.38. The number of esters is 2. The van der Waals surface area contributed by atoms with Crippen molar-refractivity contribution in [2.24, 2.45) is 5.92 Å². The van der Waals surface area contributed by atoms with E-state index >= 15 is 0 Å². The highest BCUT2D eigenvalue weighted by Gasteiger charge is 2.20. The van der Waals surface area contributed by atoms with Gasteiger partial charge in [0.25, 0.3) is 0 Å². The number of ether oxygens (including phenoxy) is 1. The lowest BCUT2D eigenvalue weighted by molar-refractivity contribution is -0.163. The van der Waals surface area contributed by atoms with Gasteiger partial charge in [-0.25, -0.2) is 0 Å². The molecule has 0 saturated carbocycles. The van der Waals surface area contributed by atoms with Crippen molar-refractivity contribution < 1.29 is 34.1 Å². The van der Waals surface area contributed by atoms with Crippen LogP contribution in [0.1, 0.15) is 175 Å². The van der Waals surface area contributed by atoms with Crippen LogP contribution in [0.3, 0.4) is 0 Å². The molecule has 0 saturated heterocycles. The van der Waals surface area contributed by atoms with Crippen LogP contribution in [-0.4, -0.2) is 34.1 Å². The standard InChI is InChI=1S/C18H36O2.C14H24O5/c1-2-3-4-5-6-7-8-9-10-11-12-13-14-15-16-17-18(19)20;1-3-5-8-11(4-2)14(18)19-13(17)10-7-6-9-12(15)16/h2-17H2,1H3,(H,19,20);11H,3-10H2,1-2H3,(H,15,16). The highest BCUT2D eigenvalue weighted by atomic mass is 16.6. The SMILES string of the molecule is CCCCC(CC)C(=O)OC(=O)CCCCC(=O)O.CCCCCCCCCCCCCCCCCC(=O)O. The second kappa shape index (κ2) is 30.6. The molecule has 39 heavy (non-hydrogen) atoms. The maximum atomic E-state index is 11.7. The number of hydrogen-bond acceptors (Lipinski definition) is 5. The Morgan fingerprint density at radius 1 is 0.513 bits per heavy atom. The first-order valence-corrected chi connectivity index (χ1v) is 16.0. The minimum atomic E-state index is -0.880. The number of unbranched alkanes of at least 4 members (excludes halogenated alkanes) is 16. The smallest absolute Gasteiger partial charge is 0.316 e. The monoisotopic (exact) mass is 556 g/mol. The molecule has 0 aromatic rings. The number of carbonyl (C=O) groups is 4. The topological polar surface area (TPSA) is 118 Å². The number of hydrogen-bond donors (Lipinski definition) is 2. The van der Waals surface area contributed by atoms with Gasteiger partial charge in [0, 0.05) is 19.3 Å². The predicted octanol–water partition coefficient (Wildman–Crippen LogP) is 9.25. The maximum Gasteiger partial charge on any atom is 0.316 e. The molecule has 0 heterocycles. The summed E-state index contributed by atoms with van der Waals surface area (Å²) in [4.78, 5) is 43.7. The molecular weight excluding hydrogens is 496 g/mol. The molecule has 0 aliphatic rings. The first-order chi connectivity index (χ1) is 18.8. The summed E-state index contributed by atoms with van der Waals surface area (Å²) in [5.41, 5.74) is 0. The van der Waals surface area contributed by atoms with Gasteiger partial charge in [0.1, 0.15) is 0 Å². The lowest BCUT2D eigenvalue weighted by Gasteiger charge is -2.12. The quantitative estimate of drug-likeness (QED) is 0.0619. The van der Waals surface area contributed by atoms with Gasteiger partial charge < -0.3 is 14.9 Å². The molecule has 230 valence electrons. The Morgan fingerprint density at radius 2 is 0.872 bits per heavy atom. The lowest BCUT2D eigenvalue weighted by atomic mass is 10.00. The molecule has 7 heteroatoms. The average molecular weight is 557 g/mol. The average Bonchev–Trinajstić information content (AvgIpc) is 2.89. The Balaban J connectivity index is 0. The summed E-state index contributed by atoms with van der Waals surface area (Å²) in [7, 11) is 0. The zero-order chi connectivity index (χ0) is 29.6. The Kier molecular flexibility index (Phi) is 30.8. The van der Waals surface area contributed by atoms with E-state index in [0.29, 0.717) is 25.7 Å². The highest BCUT2D eigenvalue weighted by Crippen LogP contribution is 2.16. The zero-order valence-corrected chi connectivity index (χ0v) is 25.5. The number of carboxylic acid groups (broad SMARTS) is 2. The molecular formula is C32H60O7. The van der Waals surface area contributed by atoms with Gasteiger partial charge in [0.05, 0.1) is 5.92 Å². The molecule has 0 aromatic carbocycles. The van der Waals surface area contributed by atoms with Gasteiger partial charge in [0.15, 0.2) is 0 Å². The first kappa shape index (κ1) is 39.2. The van der Waals surface area contributed by atoms with Gasteiger partial charge in [-0.05, 0) is 32.1 Å². The fourth-order valence-corrected chi connectivity index (χ4v) is 4.38. The molecule has 0 fully saturated rings. The Morgan fingerprint density at radius 3 is 1.26 bits per heavy atom. The van der Waals surface area contributed by atoms with Crippen LogP contribution in [0.15, 0.2) is 0 Å². The van der Waals surface area contributed by atoms with Crippen molar-refractivity contribution in [3.8, 4) is 0 Å². The van der Waals surface area contributed by atoms with Gasteiger partial charge in [0.2, 0.25) is 0 Å². The van der Waals surface area contributed by atoms with Crippen molar-refractivity contribution in [2.75, 3.05) is 0 Å². The van der Waals surface area contributed by atoms with Crippen molar-refractivity contribution in [2.45, 2.75) is 175 Å². The van der Waals surface area contributed by atoms with Crippen LogP contribution in [0.25, 0.3) is 0 Å². The minimum absolute atomic E-state index is 0.0370. The van der Waals surface area contributed by atoms with E-state index in [1.165, 1.54) is 83.5 Å². The van der Waals surface area contributed by atoms with E-state index in [1.807, 2.05) is 13.8 Å². The van der Waals surface area contributed by atoms with E-state index in [0.717, 1.165) is 32.1 Å². The molecule has 0 aliphatic heterocycles. The summed E-state index contributed by atoms with van der Waals surface area (Å²) in [6, 6.07) is 0. The van der Waals surface area contributed by atoms with E-state index in [9.17, 15) is 19.2 Å². The van der Waals surface area contributed by atoms with E-state index in [4.69, 9.17) is 14.9 Å². The first-order valence-electron chi connectivity index (χ1n) is 16.0. The summed E-state index contributed by atoms with van der Waals surface area (Å²) in [6.45, 7) is 6.22. The molecule has 0 rings (SSSR count). The number of rotatable bonds is 26. The van der Waals surface area contributed by atoms with Crippen LogP contribution in [-0.2, 0) is 23.9 Å². The third kappa shape index (κ3) is 32.2. The Labute approximate surface area is 238 Å². The molecule has 0 bridgehead atoms. The van der Waals surface area contributed by atoms with Crippen molar-refractivity contribution in [1.82, 2.24) is 0 Å². The van der Waals surface area contributed by atoms with Gasteiger partial charge >= 0.3 is 23.9 Å². The van der Waals surface area contributed by atoms with Gasteiger partial charge in [-0.15, -0.1) is 0 Å². The van der Waals surface area contributed by atoms with Gasteiger partial charge in [-0.3, -0.25) is 19.2 Å². The molecule has 2 N–H and O–H groups in total. The summed E-state index contributed by atoms with van der Waals surface area (Å²) in [5, 5.41) is 17.0. The lowest BCUT2D eigenvalue weighted by Crippen LogP contribution is -2.21. The van der Waals surface area contributed by atoms with Crippen molar-refractivity contribution in [1.29, 1.82) is 0 Å². The van der Waals surface area contributed by atoms with Crippen LogP contribution in [0, 0.1) is 5.92 Å². The summed E-state index contributed by atoms with van der Waals surface area (Å²) < 4.78 is 4.78. The number of carbonyl (C=O) groups excluding carboxylic acids is 2. The molecule has 0 spiro atoms. The molecule has 0 radical (unpaired) electrons. The molecule has 0 aliphatic carbocycles. The van der Waals surface area contributed by atoms with E-state index in [-0.39, 0.29) is 18.8 Å². The van der Waals surface area contributed by atoms with E-state index < -0.39 is 23.9 Å². The molecule has 0 amide bonds. The van der Waals surface area contributed by atoms with E-state index in [2.05, 4.69) is 6.92 Å². The van der Waals surface area contributed by atoms with Crippen LogP contribution < -0.4 is 0 Å². The van der Waals surface area contributed by atoms with Crippen molar-refractivity contribution in [3.63, 3.8) is 0 Å². The van der Waals surface area contributed by atoms with Crippen LogP contribution in [0.2, 0.25) is 0 Å². The minimum Gasteiger partial charge on any atom is -0.481 e. The fraction of sp³-hybridized carbons (Fsp3) is 0.875. The van der Waals surface area contributed by atoms with Crippen molar-refractivity contribution >= 4 is 23.9 Å². The second-order valence-electron chi connectivity index (χ2n) is 10.7. The largest absolute Gasteiger partial charge is 0.481 e. The Hall–Kier alpha value is -1.92. The third-order valence-corrected chi connectivity index (χ3v) is 6.96. The van der Waals surface area contributed by atoms with Crippen molar-refractivity contribution in [3.05, 3.63) is 0 Å². The summed E-state index contributed by atoms with van der Waals surface area (Å²) >= 11 is 0. The van der Waals surface area contributed by atoms with Crippen LogP contribution in [0.4, 0.5) is 0 Å². The second-order valence-corrected chi connectivity index (χ2v) is 10.7. The summed E-state index contributed by atoms with van der Waals surface area (Å²) in [5.74, 6) is -2.73. The number of carboxylic acids is 2. The highest BCUT2D eigenvalue weighted by molar-refractivity contribution is 5.86. The van der Waals surface area contributed by atoms with Gasteiger partial charge in [-0.2, -0.15) is 0 Å². The predicted molar refractivity (Wildman–Crippen MR) is 158 cm³/mol. The van der Waals surface area contributed by atoms with Crippen LogP contribution >= 0.6 is 0 Å². The molecule has 1 atom stereocenters. The third-order valence-electron chi connectivity index (χ3n) is 6.96. The zero-order valence-electron chi connectivity index (χ0n) is 25.5. The normalized spacial score (nSPS) is 11.4. The van der Waals surface area contributed by atoms with Crippen LogP contribution in [0.5, 0.6) is 0 Å². The Bertz CT molecular complexity index is 603. The number of aliphatic carboxylic acids is 2. The maximum absolute atomic E-state index is 11.7. The molecule has 7 nitrogen and oxygen atoms in total. The van der Waals surface area contributed by atoms with E-state index in [1.54, 1.807) is 0 Å². The molecule has 1 unspecified atom stereocenters. The molecule has 0 aromatic heterocycles. The van der Waals surface area contributed by atoms with Gasteiger partial charge in [-0.1, -0.05) is 124 Å².